The molecule has 5 atom stereocenters. The SMILES string of the molecule is CCCCCCCCCCCC[C@@H](O)[C@H]1CC[C@@H]([C@H](O)CCCCCCCCCCCCC2=C[C@H](C)OC2=O)O1. The van der Waals surface area contributed by atoms with Gasteiger partial charge in [-0.25, -0.2) is 4.79 Å². The van der Waals surface area contributed by atoms with Gasteiger partial charge in [-0.1, -0.05) is 129 Å². The zero-order chi connectivity index (χ0) is 28.8. The fraction of sp³-hybridized carbons (Fsp3) is 0.914. The lowest BCUT2D eigenvalue weighted by molar-refractivity contribution is -0.139. The first-order valence-electron chi connectivity index (χ1n) is 17.4. The molecular weight excluding hydrogens is 500 g/mol. The van der Waals surface area contributed by atoms with Crippen LogP contribution in [0.2, 0.25) is 0 Å². The van der Waals surface area contributed by atoms with E-state index >= 15 is 0 Å². The van der Waals surface area contributed by atoms with Crippen LogP contribution in [0.15, 0.2) is 11.6 Å². The van der Waals surface area contributed by atoms with Crippen LogP contribution in [0.3, 0.4) is 0 Å². The van der Waals surface area contributed by atoms with Gasteiger partial charge in [0.2, 0.25) is 0 Å². The van der Waals surface area contributed by atoms with Crippen LogP contribution in [0.25, 0.3) is 0 Å². The molecule has 0 bridgehead atoms. The molecule has 2 aliphatic heterocycles. The second kappa shape index (κ2) is 22.7. The highest BCUT2D eigenvalue weighted by molar-refractivity contribution is 5.90. The number of esters is 1. The first-order valence-corrected chi connectivity index (χ1v) is 17.4. The fourth-order valence-corrected chi connectivity index (χ4v) is 6.37. The van der Waals surface area contributed by atoms with E-state index in [4.69, 9.17) is 9.47 Å². The molecule has 0 saturated carbocycles. The summed E-state index contributed by atoms with van der Waals surface area (Å²) in [5.74, 6) is -0.117. The average molecular weight is 565 g/mol. The van der Waals surface area contributed by atoms with E-state index in [9.17, 15) is 15.0 Å². The molecule has 0 spiro atoms. The highest BCUT2D eigenvalue weighted by atomic mass is 16.5. The molecule has 0 aliphatic carbocycles. The molecule has 0 radical (unpaired) electrons. The van der Waals surface area contributed by atoms with Crippen LogP contribution in [0.5, 0.6) is 0 Å². The van der Waals surface area contributed by atoms with Crippen molar-refractivity contribution in [1.29, 1.82) is 0 Å². The number of hydrogen-bond acceptors (Lipinski definition) is 5. The van der Waals surface area contributed by atoms with Crippen LogP contribution in [0, 0.1) is 0 Å². The topological polar surface area (TPSA) is 76.0 Å². The van der Waals surface area contributed by atoms with Gasteiger partial charge < -0.3 is 19.7 Å². The first kappa shape index (κ1) is 35.3. The molecular formula is C35H64O5. The van der Waals surface area contributed by atoms with Crippen LogP contribution in [-0.4, -0.2) is 46.7 Å². The van der Waals surface area contributed by atoms with Crippen LogP contribution in [0.1, 0.15) is 174 Å². The minimum Gasteiger partial charge on any atom is -0.455 e. The monoisotopic (exact) mass is 564 g/mol. The Morgan fingerprint density at radius 3 is 1.48 bits per heavy atom. The maximum Gasteiger partial charge on any atom is 0.334 e. The van der Waals surface area contributed by atoms with Gasteiger partial charge in [0, 0.05) is 5.57 Å². The van der Waals surface area contributed by atoms with Gasteiger partial charge in [-0.2, -0.15) is 0 Å². The van der Waals surface area contributed by atoms with Gasteiger partial charge in [0.1, 0.15) is 6.10 Å². The summed E-state index contributed by atoms with van der Waals surface area (Å²) in [6.07, 6.45) is 30.5. The highest BCUT2D eigenvalue weighted by Crippen LogP contribution is 2.28. The van der Waals surface area contributed by atoms with E-state index in [1.165, 1.54) is 109 Å². The second-order valence-electron chi connectivity index (χ2n) is 12.8. The van der Waals surface area contributed by atoms with Crippen molar-refractivity contribution in [3.63, 3.8) is 0 Å². The molecule has 5 nitrogen and oxygen atoms in total. The first-order chi connectivity index (χ1) is 19.5. The summed E-state index contributed by atoms with van der Waals surface area (Å²) in [5, 5.41) is 21.2. The van der Waals surface area contributed by atoms with E-state index in [0.29, 0.717) is 0 Å². The Hall–Kier alpha value is -0.910. The number of rotatable bonds is 26. The predicted molar refractivity (Wildman–Crippen MR) is 165 cm³/mol. The summed E-state index contributed by atoms with van der Waals surface area (Å²) in [4.78, 5) is 11.6. The van der Waals surface area contributed by atoms with Crippen molar-refractivity contribution in [2.45, 2.75) is 205 Å². The molecule has 2 heterocycles. The van der Waals surface area contributed by atoms with Crippen LogP contribution in [-0.2, 0) is 14.3 Å². The summed E-state index contributed by atoms with van der Waals surface area (Å²) in [7, 11) is 0. The molecule has 2 N–H and O–H groups in total. The summed E-state index contributed by atoms with van der Waals surface area (Å²) < 4.78 is 11.2. The van der Waals surface area contributed by atoms with Crippen LogP contribution < -0.4 is 0 Å². The van der Waals surface area contributed by atoms with Crippen molar-refractivity contribution in [3.05, 3.63) is 11.6 Å². The largest absolute Gasteiger partial charge is 0.455 e. The molecule has 0 amide bonds. The van der Waals surface area contributed by atoms with Gasteiger partial charge in [-0.15, -0.1) is 0 Å². The zero-order valence-electron chi connectivity index (χ0n) is 26.3. The molecule has 2 rings (SSSR count). The Balaban J connectivity index is 1.35. The molecule has 1 fully saturated rings. The molecule has 0 aromatic carbocycles. The van der Waals surface area contributed by atoms with Crippen LogP contribution in [0.4, 0.5) is 0 Å². The van der Waals surface area contributed by atoms with E-state index in [0.717, 1.165) is 56.9 Å². The molecule has 234 valence electrons. The minimum absolute atomic E-state index is 0.0443. The van der Waals surface area contributed by atoms with Crippen molar-refractivity contribution >= 4 is 5.97 Å². The van der Waals surface area contributed by atoms with Crippen LogP contribution >= 0.6 is 0 Å². The lowest BCUT2D eigenvalue weighted by Gasteiger charge is -2.22. The molecule has 0 unspecified atom stereocenters. The Labute approximate surface area is 246 Å². The normalized spacial score (nSPS) is 22.4. The van der Waals surface area contributed by atoms with E-state index in [1.807, 2.05) is 13.0 Å². The summed E-state index contributed by atoms with van der Waals surface area (Å²) in [6.45, 7) is 4.18. The summed E-state index contributed by atoms with van der Waals surface area (Å²) in [6, 6.07) is 0. The standard InChI is InChI=1S/C35H64O5/c1-3-4-5-6-7-8-12-15-18-21-24-31(36)33-26-27-34(40-33)32(37)25-22-19-16-13-10-9-11-14-17-20-23-30-28-29(2)39-35(30)38/h28-29,31-34,36-37H,3-27H2,1-2H3/t29-,31+,32+,33+,34-/m0/s1. The lowest BCUT2D eigenvalue weighted by atomic mass is 10.00. The lowest BCUT2D eigenvalue weighted by Crippen LogP contribution is -2.31. The Kier molecular flexibility index (Phi) is 20.0. The van der Waals surface area contributed by atoms with Gasteiger partial charge in [-0.05, 0) is 51.5 Å². The van der Waals surface area contributed by atoms with E-state index < -0.39 is 0 Å². The molecule has 40 heavy (non-hydrogen) atoms. The van der Waals surface area contributed by atoms with E-state index in [1.54, 1.807) is 0 Å². The van der Waals surface area contributed by atoms with Gasteiger partial charge >= 0.3 is 5.97 Å². The Morgan fingerprint density at radius 2 is 1.07 bits per heavy atom. The third-order valence-corrected chi connectivity index (χ3v) is 8.98. The molecule has 0 aromatic heterocycles. The van der Waals surface area contributed by atoms with Gasteiger partial charge in [0.25, 0.3) is 0 Å². The molecule has 1 saturated heterocycles. The predicted octanol–water partition coefficient (Wildman–Crippen LogP) is 9.12. The number of unbranched alkanes of at least 4 members (excludes halogenated alkanes) is 18. The number of hydrogen-bond donors (Lipinski definition) is 2. The molecule has 2 aliphatic rings. The third-order valence-electron chi connectivity index (χ3n) is 8.98. The number of ether oxygens (including phenoxy) is 2. The number of carbonyl (C=O) groups excluding carboxylic acids is 1. The van der Waals surface area contributed by atoms with Gasteiger partial charge in [0.15, 0.2) is 0 Å². The van der Waals surface area contributed by atoms with Crippen molar-refractivity contribution in [2.24, 2.45) is 0 Å². The number of cyclic esters (lactones) is 1. The quantitative estimate of drug-likeness (QED) is 0.0809. The van der Waals surface area contributed by atoms with E-state index in [2.05, 4.69) is 6.92 Å². The third kappa shape index (κ3) is 15.9. The molecule has 5 heteroatoms. The van der Waals surface area contributed by atoms with Gasteiger partial charge in [0.05, 0.1) is 24.4 Å². The maximum atomic E-state index is 11.6. The summed E-state index contributed by atoms with van der Waals surface area (Å²) >= 11 is 0. The van der Waals surface area contributed by atoms with Crippen molar-refractivity contribution in [1.82, 2.24) is 0 Å². The average Bonchev–Trinajstić information content (AvgIpc) is 3.56. The minimum atomic E-state index is -0.389. The van der Waals surface area contributed by atoms with Gasteiger partial charge in [-0.3, -0.25) is 0 Å². The fourth-order valence-electron chi connectivity index (χ4n) is 6.37. The number of aliphatic hydroxyl groups is 2. The smallest absolute Gasteiger partial charge is 0.334 e. The van der Waals surface area contributed by atoms with Crippen molar-refractivity contribution < 1.29 is 24.5 Å². The second-order valence-corrected chi connectivity index (χ2v) is 12.8. The number of aliphatic hydroxyl groups excluding tert-OH is 2. The van der Waals surface area contributed by atoms with Crippen molar-refractivity contribution in [3.8, 4) is 0 Å². The Bertz CT molecular complexity index is 662. The highest BCUT2D eigenvalue weighted by Gasteiger charge is 2.34. The Morgan fingerprint density at radius 1 is 0.675 bits per heavy atom. The maximum absolute atomic E-state index is 11.6. The molecule has 0 aromatic rings. The zero-order valence-corrected chi connectivity index (χ0v) is 26.3. The summed E-state index contributed by atoms with van der Waals surface area (Å²) in [5.41, 5.74) is 0.870. The number of carbonyl (C=O) groups is 1. The van der Waals surface area contributed by atoms with Crippen molar-refractivity contribution in [2.75, 3.05) is 0 Å². The van der Waals surface area contributed by atoms with E-state index in [-0.39, 0.29) is 36.5 Å².